The maximum atomic E-state index is 13.0. The predicted molar refractivity (Wildman–Crippen MR) is 128 cm³/mol. The van der Waals surface area contributed by atoms with Gasteiger partial charge in [-0.2, -0.15) is 5.10 Å². The number of sulfone groups is 1. The second-order valence-corrected chi connectivity index (χ2v) is 11.1. The van der Waals surface area contributed by atoms with Gasteiger partial charge >= 0.3 is 0 Å². The van der Waals surface area contributed by atoms with Crippen molar-refractivity contribution in [3.05, 3.63) is 64.0 Å². The number of terminal acetylenes is 1. The molecule has 1 aliphatic rings. The summed E-state index contributed by atoms with van der Waals surface area (Å²) in [5, 5.41) is 9.37. The highest BCUT2D eigenvalue weighted by Gasteiger charge is 2.31. The van der Waals surface area contributed by atoms with Gasteiger partial charge < -0.3 is 10.2 Å². The van der Waals surface area contributed by atoms with Crippen molar-refractivity contribution in [1.82, 2.24) is 9.78 Å². The van der Waals surface area contributed by atoms with Crippen LogP contribution in [0.2, 0.25) is 0 Å². The predicted octanol–water partition coefficient (Wildman–Crippen LogP) is 3.24. The number of aromatic nitrogens is 2. The van der Waals surface area contributed by atoms with Gasteiger partial charge in [0.2, 0.25) is 5.91 Å². The van der Waals surface area contributed by atoms with Crippen LogP contribution in [0.25, 0.3) is 0 Å². The first-order chi connectivity index (χ1) is 15.3. The molecule has 4 rings (SSSR count). The number of aryl methyl sites for hydroxylation is 1. The molecule has 1 amide bonds. The van der Waals surface area contributed by atoms with E-state index in [1.807, 2.05) is 53.6 Å². The van der Waals surface area contributed by atoms with E-state index in [0.717, 1.165) is 21.8 Å². The lowest BCUT2D eigenvalue weighted by molar-refractivity contribution is -0.115. The Morgan fingerprint density at radius 2 is 2.19 bits per heavy atom. The molecule has 7 nitrogen and oxygen atoms in total. The topological polar surface area (TPSA) is 84.3 Å². The van der Waals surface area contributed by atoms with Gasteiger partial charge in [0.25, 0.3) is 0 Å². The molecule has 1 aliphatic heterocycles. The summed E-state index contributed by atoms with van der Waals surface area (Å²) in [6.45, 7) is 2.50. The van der Waals surface area contributed by atoms with Crippen LogP contribution >= 0.6 is 11.3 Å². The second-order valence-electron chi connectivity index (χ2n) is 7.85. The molecule has 0 radical (unpaired) electrons. The maximum absolute atomic E-state index is 13.0. The van der Waals surface area contributed by atoms with E-state index >= 15 is 0 Å². The third-order valence-corrected chi connectivity index (χ3v) is 7.93. The molecular weight excluding hydrogens is 444 g/mol. The maximum Gasteiger partial charge on any atom is 0.245 e. The molecule has 1 N–H and O–H groups in total. The Kier molecular flexibility index (Phi) is 6.35. The zero-order valence-corrected chi connectivity index (χ0v) is 19.3. The van der Waals surface area contributed by atoms with Crippen molar-refractivity contribution in [1.29, 1.82) is 0 Å². The number of carbonyl (C=O) groups excluding carboxylic acids is 1. The van der Waals surface area contributed by atoms with Gasteiger partial charge in [0, 0.05) is 22.2 Å². The van der Waals surface area contributed by atoms with Crippen molar-refractivity contribution < 1.29 is 13.2 Å². The van der Waals surface area contributed by atoms with Crippen LogP contribution in [0.1, 0.15) is 28.6 Å². The fraction of sp³-hybridized carbons (Fsp3) is 0.304. The highest BCUT2D eigenvalue weighted by molar-refractivity contribution is 7.91. The van der Waals surface area contributed by atoms with Gasteiger partial charge in [-0.25, -0.2) is 13.1 Å². The van der Waals surface area contributed by atoms with Gasteiger partial charge in [-0.3, -0.25) is 4.79 Å². The summed E-state index contributed by atoms with van der Waals surface area (Å²) in [6, 6.07) is 13.1. The minimum Gasteiger partial charge on any atom is -0.357 e. The Morgan fingerprint density at radius 1 is 1.34 bits per heavy atom. The molecule has 3 aromatic rings. The summed E-state index contributed by atoms with van der Waals surface area (Å²) >= 11 is 1.62. The van der Waals surface area contributed by atoms with E-state index in [1.54, 1.807) is 22.1 Å². The smallest absolute Gasteiger partial charge is 0.245 e. The van der Waals surface area contributed by atoms with Crippen molar-refractivity contribution in [3.8, 4) is 12.3 Å². The number of carbonyl (C=O) groups is 1. The molecular formula is C23H24N4O3S2. The van der Waals surface area contributed by atoms with Crippen LogP contribution in [0, 0.1) is 19.3 Å². The standard InChI is InChI=1S/C23H24N4O3S2/c1-3-18-6-4-7-19(13-18)26(14-21-8-5-10-31-21)15-23(28)24-22-12-17(2)25-27(22)20-9-11-32(29,30)16-20/h1,4-8,10,12-13,20H,9,11,14-16H2,2H3,(H,24,28). The van der Waals surface area contributed by atoms with Gasteiger partial charge in [-0.15, -0.1) is 17.8 Å². The lowest BCUT2D eigenvalue weighted by atomic mass is 10.2. The monoisotopic (exact) mass is 468 g/mol. The van der Waals surface area contributed by atoms with Crippen LogP contribution < -0.4 is 10.2 Å². The van der Waals surface area contributed by atoms with Gasteiger partial charge in [-0.05, 0) is 43.0 Å². The third-order valence-electron chi connectivity index (χ3n) is 5.32. The Hall–Kier alpha value is -3.09. The number of benzene rings is 1. The molecule has 32 heavy (non-hydrogen) atoms. The second kappa shape index (κ2) is 9.18. The summed E-state index contributed by atoms with van der Waals surface area (Å²) in [5.41, 5.74) is 2.33. The van der Waals surface area contributed by atoms with E-state index in [-0.39, 0.29) is 30.0 Å². The lowest BCUT2D eigenvalue weighted by Gasteiger charge is -2.24. The van der Waals surface area contributed by atoms with Crippen LogP contribution in [-0.4, -0.2) is 42.2 Å². The lowest BCUT2D eigenvalue weighted by Crippen LogP contribution is -2.33. The first-order valence-corrected chi connectivity index (χ1v) is 12.9. The Bertz CT molecular complexity index is 1260. The summed E-state index contributed by atoms with van der Waals surface area (Å²) < 4.78 is 25.5. The van der Waals surface area contributed by atoms with Crippen LogP contribution in [-0.2, 0) is 21.2 Å². The van der Waals surface area contributed by atoms with E-state index in [9.17, 15) is 13.2 Å². The fourth-order valence-corrected chi connectivity index (χ4v) is 6.25. The molecule has 166 valence electrons. The van der Waals surface area contributed by atoms with E-state index < -0.39 is 9.84 Å². The van der Waals surface area contributed by atoms with E-state index in [2.05, 4.69) is 16.3 Å². The number of anilines is 2. The van der Waals surface area contributed by atoms with Crippen molar-refractivity contribution in [3.63, 3.8) is 0 Å². The molecule has 0 spiro atoms. The van der Waals surface area contributed by atoms with E-state index in [0.29, 0.717) is 18.8 Å². The normalized spacial score (nSPS) is 17.1. The number of nitrogens with one attached hydrogen (secondary N) is 1. The average Bonchev–Trinajstić information content (AvgIpc) is 3.48. The van der Waals surface area contributed by atoms with Gasteiger partial charge in [0.05, 0.1) is 36.3 Å². The van der Waals surface area contributed by atoms with Gasteiger partial charge in [-0.1, -0.05) is 18.1 Å². The molecule has 1 atom stereocenters. The SMILES string of the molecule is C#Cc1cccc(N(CC(=O)Nc2cc(C)nn2C2CCS(=O)(=O)C2)Cc2cccs2)c1. The number of rotatable bonds is 7. The van der Waals surface area contributed by atoms with Gasteiger partial charge in [0.15, 0.2) is 9.84 Å². The number of nitrogens with zero attached hydrogens (tertiary/aromatic N) is 3. The molecule has 1 aromatic carbocycles. The summed E-state index contributed by atoms with van der Waals surface area (Å²) in [6.07, 6.45) is 6.05. The molecule has 0 bridgehead atoms. The molecule has 3 heterocycles. The number of thiophene rings is 1. The Labute approximate surface area is 192 Å². The molecule has 1 fully saturated rings. The van der Waals surface area contributed by atoms with Gasteiger partial charge in [0.1, 0.15) is 5.82 Å². The number of hydrogen-bond donors (Lipinski definition) is 1. The minimum absolute atomic E-state index is 0.0420. The largest absolute Gasteiger partial charge is 0.357 e. The van der Waals surface area contributed by atoms with E-state index in [1.165, 1.54) is 0 Å². The zero-order chi connectivity index (χ0) is 22.7. The summed E-state index contributed by atoms with van der Waals surface area (Å²) in [4.78, 5) is 16.1. The van der Waals surface area contributed by atoms with Crippen LogP contribution in [0.5, 0.6) is 0 Å². The van der Waals surface area contributed by atoms with Crippen LogP contribution in [0.3, 0.4) is 0 Å². The molecule has 2 aromatic heterocycles. The molecule has 1 unspecified atom stereocenters. The molecule has 1 saturated heterocycles. The third kappa shape index (κ3) is 5.21. The van der Waals surface area contributed by atoms with Crippen molar-refractivity contribution in [2.24, 2.45) is 0 Å². The molecule has 0 aliphatic carbocycles. The minimum atomic E-state index is -3.07. The first-order valence-electron chi connectivity index (χ1n) is 10.2. The highest BCUT2D eigenvalue weighted by atomic mass is 32.2. The summed E-state index contributed by atoms with van der Waals surface area (Å²) in [5.74, 6) is 3.13. The number of amides is 1. The summed E-state index contributed by atoms with van der Waals surface area (Å²) in [7, 11) is -3.07. The fourth-order valence-electron chi connectivity index (χ4n) is 3.83. The first kappa shape index (κ1) is 22.1. The zero-order valence-electron chi connectivity index (χ0n) is 17.7. The van der Waals surface area contributed by atoms with Crippen molar-refractivity contribution in [2.75, 3.05) is 28.3 Å². The molecule has 9 heteroatoms. The Morgan fingerprint density at radius 3 is 2.88 bits per heavy atom. The average molecular weight is 469 g/mol. The highest BCUT2D eigenvalue weighted by Crippen LogP contribution is 2.27. The quantitative estimate of drug-likeness (QED) is 0.538. The number of hydrogen-bond acceptors (Lipinski definition) is 6. The van der Waals surface area contributed by atoms with Crippen molar-refractivity contribution >= 4 is 38.6 Å². The Balaban J connectivity index is 1.53. The van der Waals surface area contributed by atoms with Crippen molar-refractivity contribution in [2.45, 2.75) is 25.9 Å². The van der Waals surface area contributed by atoms with E-state index in [4.69, 9.17) is 6.42 Å². The molecule has 0 saturated carbocycles. The van der Waals surface area contributed by atoms with Crippen LogP contribution in [0.15, 0.2) is 47.8 Å². The van der Waals surface area contributed by atoms with Crippen LogP contribution in [0.4, 0.5) is 11.5 Å².